The second-order valence-corrected chi connectivity index (χ2v) is 7.50. The molecule has 1 aliphatic carbocycles. The molecule has 116 valence electrons. The van der Waals surface area contributed by atoms with Crippen molar-refractivity contribution in [2.45, 2.75) is 45.1 Å². The molecule has 22 heavy (non-hydrogen) atoms. The molecule has 3 rings (SSSR count). The Kier molecular flexibility index (Phi) is 4.50. The molecule has 0 bridgehead atoms. The molecule has 0 amide bonds. The van der Waals surface area contributed by atoms with Crippen molar-refractivity contribution in [3.8, 4) is 0 Å². The van der Waals surface area contributed by atoms with Gasteiger partial charge in [-0.25, -0.2) is 0 Å². The highest BCUT2D eigenvalue weighted by Crippen LogP contribution is 2.40. The van der Waals surface area contributed by atoms with Crippen LogP contribution in [0.25, 0.3) is 0 Å². The van der Waals surface area contributed by atoms with Crippen LogP contribution in [0.15, 0.2) is 35.7 Å². The first-order chi connectivity index (χ1) is 10.6. The molecule has 2 aromatic rings. The summed E-state index contributed by atoms with van der Waals surface area (Å²) in [5, 5.41) is 9.83. The third-order valence-corrected chi connectivity index (χ3v) is 5.85. The molecule has 2 nitrogen and oxygen atoms in total. The molecule has 0 aliphatic heterocycles. The predicted molar refractivity (Wildman–Crippen MR) is 99.7 cm³/mol. The Bertz CT molecular complexity index is 656. The minimum absolute atomic E-state index is 0.0258. The van der Waals surface area contributed by atoms with Gasteiger partial charge in [-0.3, -0.25) is 0 Å². The second kappa shape index (κ2) is 6.39. The van der Waals surface area contributed by atoms with Crippen molar-refractivity contribution in [2.24, 2.45) is 0 Å². The highest BCUT2D eigenvalue weighted by molar-refractivity contribution is 7.80. The Morgan fingerprint density at radius 2 is 1.91 bits per heavy atom. The molecule has 1 saturated carbocycles. The van der Waals surface area contributed by atoms with E-state index in [1.165, 1.54) is 28.8 Å². The maximum atomic E-state index is 5.58. The quantitative estimate of drug-likeness (QED) is 0.764. The Morgan fingerprint density at radius 3 is 2.55 bits per heavy atom. The summed E-state index contributed by atoms with van der Waals surface area (Å²) in [5.41, 5.74) is 3.66. The van der Waals surface area contributed by atoms with Crippen LogP contribution in [0.1, 0.15) is 41.7 Å². The Labute approximate surface area is 142 Å². The largest absolute Gasteiger partial charge is 0.352 e. The zero-order valence-electron chi connectivity index (χ0n) is 13.1. The lowest BCUT2D eigenvalue weighted by Crippen LogP contribution is -2.45. The van der Waals surface area contributed by atoms with Crippen LogP contribution in [-0.2, 0) is 5.54 Å². The summed E-state index contributed by atoms with van der Waals surface area (Å²) in [6.07, 6.45) is 4.83. The van der Waals surface area contributed by atoms with Gasteiger partial charge >= 0.3 is 0 Å². The molecule has 0 unspecified atom stereocenters. The van der Waals surface area contributed by atoms with Gasteiger partial charge in [0.2, 0.25) is 0 Å². The van der Waals surface area contributed by atoms with E-state index < -0.39 is 0 Å². The average Bonchev–Trinajstić information content (AvgIpc) is 3.14. The maximum Gasteiger partial charge on any atom is 0.171 e. The zero-order chi connectivity index (χ0) is 15.6. The van der Waals surface area contributed by atoms with Gasteiger partial charge in [0.05, 0.1) is 5.54 Å². The van der Waals surface area contributed by atoms with Crippen LogP contribution in [0.5, 0.6) is 0 Å². The number of thiocarbonyl (C=S) groups is 1. The first kappa shape index (κ1) is 15.5. The standard InChI is InChI=1S/C18H22N2S2/c1-13-7-8-15(12-14(13)2)19-17(21)20-18(9-3-4-10-18)16-6-5-11-22-16/h5-8,11-12H,3-4,9-10H2,1-2H3,(H2,19,20,21). The number of rotatable bonds is 3. The van der Waals surface area contributed by atoms with Crippen LogP contribution in [0, 0.1) is 13.8 Å². The fourth-order valence-corrected chi connectivity index (χ4v) is 4.42. The number of aryl methyl sites for hydroxylation is 2. The van der Waals surface area contributed by atoms with Gasteiger partial charge in [-0.1, -0.05) is 25.0 Å². The van der Waals surface area contributed by atoms with E-state index in [1.807, 2.05) is 11.3 Å². The number of thiophene rings is 1. The molecular formula is C18H22N2S2. The molecule has 1 fully saturated rings. The van der Waals surface area contributed by atoms with E-state index in [-0.39, 0.29) is 5.54 Å². The van der Waals surface area contributed by atoms with Crippen LogP contribution in [-0.4, -0.2) is 5.11 Å². The van der Waals surface area contributed by atoms with E-state index in [0.29, 0.717) is 0 Å². The summed E-state index contributed by atoms with van der Waals surface area (Å²) in [6.45, 7) is 4.25. The topological polar surface area (TPSA) is 24.1 Å². The Morgan fingerprint density at radius 1 is 1.14 bits per heavy atom. The van der Waals surface area contributed by atoms with E-state index in [1.54, 1.807) is 0 Å². The minimum atomic E-state index is 0.0258. The Hall–Kier alpha value is -1.39. The smallest absolute Gasteiger partial charge is 0.171 e. The second-order valence-electron chi connectivity index (χ2n) is 6.14. The van der Waals surface area contributed by atoms with Gasteiger partial charge in [-0.15, -0.1) is 11.3 Å². The summed E-state index contributed by atoms with van der Waals surface area (Å²) in [6, 6.07) is 10.7. The summed E-state index contributed by atoms with van der Waals surface area (Å²) in [4.78, 5) is 1.40. The lowest BCUT2D eigenvalue weighted by molar-refractivity contribution is 0.417. The molecule has 4 heteroatoms. The maximum absolute atomic E-state index is 5.58. The van der Waals surface area contributed by atoms with Crippen molar-refractivity contribution in [2.75, 3.05) is 5.32 Å². The van der Waals surface area contributed by atoms with Crippen molar-refractivity contribution < 1.29 is 0 Å². The normalized spacial score (nSPS) is 16.5. The van der Waals surface area contributed by atoms with Crippen molar-refractivity contribution >= 4 is 34.4 Å². The van der Waals surface area contributed by atoms with Crippen LogP contribution >= 0.6 is 23.6 Å². The molecule has 1 aromatic carbocycles. The molecule has 0 saturated heterocycles. The highest BCUT2D eigenvalue weighted by atomic mass is 32.1. The SMILES string of the molecule is Cc1ccc(NC(=S)NC2(c3cccs3)CCCC2)cc1C. The molecule has 0 radical (unpaired) electrons. The predicted octanol–water partition coefficient (Wildman–Crippen LogP) is 5.12. The molecule has 0 spiro atoms. The summed E-state index contributed by atoms with van der Waals surface area (Å²) < 4.78 is 0. The third-order valence-electron chi connectivity index (χ3n) is 4.57. The molecule has 0 atom stereocenters. The fraction of sp³-hybridized carbons (Fsp3) is 0.389. The van der Waals surface area contributed by atoms with Gasteiger partial charge in [0.1, 0.15) is 0 Å². The van der Waals surface area contributed by atoms with Crippen LogP contribution in [0.3, 0.4) is 0 Å². The van der Waals surface area contributed by atoms with Gasteiger partial charge < -0.3 is 10.6 Å². The van der Waals surface area contributed by atoms with Gasteiger partial charge in [-0.2, -0.15) is 0 Å². The summed E-state index contributed by atoms with van der Waals surface area (Å²) in [5.74, 6) is 0. The van der Waals surface area contributed by atoms with Crippen LogP contribution in [0.4, 0.5) is 5.69 Å². The molecule has 1 aromatic heterocycles. The summed E-state index contributed by atoms with van der Waals surface area (Å²) >= 11 is 7.40. The van der Waals surface area contributed by atoms with Crippen molar-refractivity contribution in [1.29, 1.82) is 0 Å². The van der Waals surface area contributed by atoms with Crippen molar-refractivity contribution in [3.05, 3.63) is 51.7 Å². The summed E-state index contributed by atoms with van der Waals surface area (Å²) in [7, 11) is 0. The van der Waals surface area contributed by atoms with Gasteiger partial charge in [0.15, 0.2) is 5.11 Å². The van der Waals surface area contributed by atoms with Gasteiger partial charge in [0.25, 0.3) is 0 Å². The number of anilines is 1. The van der Waals surface area contributed by atoms with E-state index in [4.69, 9.17) is 12.2 Å². The highest BCUT2D eigenvalue weighted by Gasteiger charge is 2.37. The number of nitrogens with one attached hydrogen (secondary N) is 2. The van der Waals surface area contributed by atoms with Crippen LogP contribution in [0.2, 0.25) is 0 Å². The Balaban J connectivity index is 1.73. The minimum Gasteiger partial charge on any atom is -0.352 e. The number of hydrogen-bond acceptors (Lipinski definition) is 2. The van der Waals surface area contributed by atoms with Gasteiger partial charge in [-0.05, 0) is 73.6 Å². The molecule has 1 heterocycles. The van der Waals surface area contributed by atoms with Crippen molar-refractivity contribution in [1.82, 2.24) is 5.32 Å². The zero-order valence-corrected chi connectivity index (χ0v) is 14.7. The van der Waals surface area contributed by atoms with E-state index in [0.717, 1.165) is 23.6 Å². The number of hydrogen-bond donors (Lipinski definition) is 2. The molecular weight excluding hydrogens is 308 g/mol. The lowest BCUT2D eigenvalue weighted by atomic mass is 9.96. The lowest BCUT2D eigenvalue weighted by Gasteiger charge is -2.31. The van der Waals surface area contributed by atoms with Crippen LogP contribution < -0.4 is 10.6 Å². The van der Waals surface area contributed by atoms with Crippen molar-refractivity contribution in [3.63, 3.8) is 0 Å². The average molecular weight is 331 g/mol. The van der Waals surface area contributed by atoms with E-state index in [9.17, 15) is 0 Å². The van der Waals surface area contributed by atoms with Gasteiger partial charge in [0, 0.05) is 10.6 Å². The number of benzene rings is 1. The van der Waals surface area contributed by atoms with E-state index >= 15 is 0 Å². The first-order valence-electron chi connectivity index (χ1n) is 7.79. The van der Waals surface area contributed by atoms with E-state index in [2.05, 4.69) is 60.2 Å². The monoisotopic (exact) mass is 330 g/mol. The molecule has 2 N–H and O–H groups in total. The molecule has 1 aliphatic rings. The fourth-order valence-electron chi connectivity index (χ4n) is 3.16. The third kappa shape index (κ3) is 3.18. The first-order valence-corrected chi connectivity index (χ1v) is 9.08.